The maximum absolute atomic E-state index is 13.0. The van der Waals surface area contributed by atoms with Crippen LogP contribution in [0.15, 0.2) is 24.3 Å². The molecule has 1 heterocycles. The first kappa shape index (κ1) is 20.0. The maximum atomic E-state index is 13.0. The van der Waals surface area contributed by atoms with Crippen LogP contribution in [0.25, 0.3) is 0 Å². The highest BCUT2D eigenvalue weighted by atomic mass is 19.1. The molecule has 1 aliphatic heterocycles. The Kier molecular flexibility index (Phi) is 6.85. The van der Waals surface area contributed by atoms with Crippen LogP contribution >= 0.6 is 0 Å². The van der Waals surface area contributed by atoms with Gasteiger partial charge in [0, 0.05) is 24.6 Å². The Morgan fingerprint density at radius 1 is 1.27 bits per heavy atom. The van der Waals surface area contributed by atoms with Crippen molar-refractivity contribution in [3.05, 3.63) is 35.6 Å². The van der Waals surface area contributed by atoms with Crippen molar-refractivity contribution in [2.24, 2.45) is 17.6 Å². The molecule has 2 rings (SSSR count). The number of Topliss-reactive ketones (excluding diaryl/α,β-unsaturated/α-hetero) is 1. The third-order valence-corrected chi connectivity index (χ3v) is 4.71. The highest BCUT2D eigenvalue weighted by Gasteiger charge is 2.29. The summed E-state index contributed by atoms with van der Waals surface area (Å²) in [5.74, 6) is -1.40. The summed E-state index contributed by atoms with van der Waals surface area (Å²) < 4.78 is 13.0. The summed E-state index contributed by atoms with van der Waals surface area (Å²) in [4.78, 5) is 38.4. The van der Waals surface area contributed by atoms with Crippen LogP contribution in [0.4, 0.5) is 4.39 Å². The molecule has 0 saturated carbocycles. The summed E-state index contributed by atoms with van der Waals surface area (Å²) in [6.07, 6.45) is 1.40. The van der Waals surface area contributed by atoms with Crippen molar-refractivity contribution in [2.75, 3.05) is 19.6 Å². The lowest BCUT2D eigenvalue weighted by Gasteiger charge is -2.32. The third-order valence-electron chi connectivity index (χ3n) is 4.71. The maximum Gasteiger partial charge on any atom is 0.241 e. The molecule has 1 aliphatic rings. The molecule has 7 heteroatoms. The van der Waals surface area contributed by atoms with E-state index in [-0.39, 0.29) is 36.0 Å². The second-order valence-corrected chi connectivity index (χ2v) is 7.04. The van der Waals surface area contributed by atoms with Gasteiger partial charge in [-0.1, -0.05) is 13.8 Å². The molecule has 2 amide bonds. The molecule has 1 saturated heterocycles. The van der Waals surface area contributed by atoms with Gasteiger partial charge in [-0.15, -0.1) is 0 Å². The van der Waals surface area contributed by atoms with E-state index in [4.69, 9.17) is 5.73 Å². The van der Waals surface area contributed by atoms with E-state index in [0.717, 1.165) is 0 Å². The van der Waals surface area contributed by atoms with Crippen molar-refractivity contribution >= 4 is 17.6 Å². The minimum atomic E-state index is -0.656. The second-order valence-electron chi connectivity index (χ2n) is 7.04. The molecular formula is C19H26FN3O3. The first-order valence-corrected chi connectivity index (χ1v) is 8.90. The number of likely N-dealkylation sites (tertiary alicyclic amines) is 1. The number of carbonyl (C=O) groups is 3. The van der Waals surface area contributed by atoms with E-state index in [1.54, 1.807) is 4.90 Å². The number of hydrogen-bond donors (Lipinski definition) is 2. The molecular weight excluding hydrogens is 337 g/mol. The van der Waals surface area contributed by atoms with Gasteiger partial charge < -0.3 is 16.0 Å². The zero-order valence-corrected chi connectivity index (χ0v) is 15.2. The summed E-state index contributed by atoms with van der Waals surface area (Å²) in [5, 5.41) is 2.56. The molecule has 0 radical (unpaired) electrons. The van der Waals surface area contributed by atoms with Crippen molar-refractivity contribution in [3.8, 4) is 0 Å². The quantitative estimate of drug-likeness (QED) is 0.746. The number of ketones is 1. The summed E-state index contributed by atoms with van der Waals surface area (Å²) in [7, 11) is 0. The largest absolute Gasteiger partial charge is 0.346 e. The first-order valence-electron chi connectivity index (χ1n) is 8.90. The minimum Gasteiger partial charge on any atom is -0.346 e. The zero-order valence-electron chi connectivity index (χ0n) is 15.2. The Balaban J connectivity index is 1.90. The number of amides is 2. The van der Waals surface area contributed by atoms with E-state index in [1.165, 1.54) is 24.3 Å². The van der Waals surface area contributed by atoms with Gasteiger partial charge in [-0.05, 0) is 43.0 Å². The van der Waals surface area contributed by atoms with E-state index < -0.39 is 11.9 Å². The molecule has 0 spiro atoms. The zero-order chi connectivity index (χ0) is 19.3. The van der Waals surface area contributed by atoms with Crippen molar-refractivity contribution in [1.82, 2.24) is 10.2 Å². The fourth-order valence-corrected chi connectivity index (χ4v) is 2.96. The van der Waals surface area contributed by atoms with Crippen LogP contribution in [-0.4, -0.2) is 48.2 Å². The SMILES string of the molecule is CC(C)[C@H](N)C(=O)NCC(=O)N1CCCC(C(=O)c2ccc(F)cc2)C1. The molecule has 0 aliphatic carbocycles. The van der Waals surface area contributed by atoms with Crippen LogP contribution < -0.4 is 11.1 Å². The molecule has 1 aromatic carbocycles. The Morgan fingerprint density at radius 3 is 2.54 bits per heavy atom. The number of halogens is 1. The van der Waals surface area contributed by atoms with Crippen molar-refractivity contribution < 1.29 is 18.8 Å². The van der Waals surface area contributed by atoms with Crippen LogP contribution in [0.2, 0.25) is 0 Å². The Hall–Kier alpha value is -2.28. The molecule has 0 bridgehead atoms. The lowest BCUT2D eigenvalue weighted by Crippen LogP contribution is -2.50. The standard InChI is InChI=1S/C19H26FN3O3/c1-12(2)17(21)19(26)22-10-16(24)23-9-3-4-14(11-23)18(25)13-5-7-15(20)8-6-13/h5-8,12,14,17H,3-4,9-11,21H2,1-2H3,(H,22,26)/t14?,17-/m0/s1. The number of nitrogens with zero attached hydrogens (tertiary/aromatic N) is 1. The lowest BCUT2D eigenvalue weighted by molar-refractivity contribution is -0.134. The molecule has 6 nitrogen and oxygen atoms in total. The Labute approximate surface area is 152 Å². The average Bonchev–Trinajstić information content (AvgIpc) is 2.65. The number of carbonyl (C=O) groups excluding carboxylic acids is 3. The number of piperidine rings is 1. The van der Waals surface area contributed by atoms with Gasteiger partial charge >= 0.3 is 0 Å². The average molecular weight is 363 g/mol. The van der Waals surface area contributed by atoms with Gasteiger partial charge in [0.25, 0.3) is 0 Å². The highest BCUT2D eigenvalue weighted by molar-refractivity contribution is 5.98. The number of rotatable bonds is 6. The summed E-state index contributed by atoms with van der Waals surface area (Å²) in [6, 6.07) is 4.79. The fourth-order valence-electron chi connectivity index (χ4n) is 2.96. The van der Waals surface area contributed by atoms with E-state index in [0.29, 0.717) is 31.5 Å². The lowest BCUT2D eigenvalue weighted by atomic mass is 9.90. The van der Waals surface area contributed by atoms with Crippen LogP contribution in [0.3, 0.4) is 0 Å². The molecule has 1 aromatic rings. The molecule has 3 N–H and O–H groups in total. The molecule has 26 heavy (non-hydrogen) atoms. The van der Waals surface area contributed by atoms with Crippen LogP contribution in [0.1, 0.15) is 37.0 Å². The molecule has 142 valence electrons. The third kappa shape index (κ3) is 5.11. The van der Waals surface area contributed by atoms with Gasteiger partial charge in [-0.25, -0.2) is 4.39 Å². The molecule has 0 aromatic heterocycles. The Bertz CT molecular complexity index is 660. The van der Waals surface area contributed by atoms with Crippen LogP contribution in [0, 0.1) is 17.7 Å². The Morgan fingerprint density at radius 2 is 1.92 bits per heavy atom. The smallest absolute Gasteiger partial charge is 0.241 e. The van der Waals surface area contributed by atoms with Gasteiger partial charge in [0.2, 0.25) is 11.8 Å². The fraction of sp³-hybridized carbons (Fsp3) is 0.526. The highest BCUT2D eigenvalue weighted by Crippen LogP contribution is 2.21. The van der Waals surface area contributed by atoms with E-state index >= 15 is 0 Å². The van der Waals surface area contributed by atoms with Gasteiger partial charge in [-0.2, -0.15) is 0 Å². The monoisotopic (exact) mass is 363 g/mol. The first-order chi connectivity index (χ1) is 12.3. The summed E-state index contributed by atoms with van der Waals surface area (Å²) in [6.45, 7) is 4.40. The number of nitrogens with one attached hydrogen (secondary N) is 1. The normalized spacial score (nSPS) is 18.5. The summed E-state index contributed by atoms with van der Waals surface area (Å²) >= 11 is 0. The van der Waals surface area contributed by atoms with Gasteiger partial charge in [-0.3, -0.25) is 14.4 Å². The van der Waals surface area contributed by atoms with Gasteiger partial charge in [0.15, 0.2) is 5.78 Å². The number of nitrogens with two attached hydrogens (primary N) is 1. The molecule has 1 unspecified atom stereocenters. The van der Waals surface area contributed by atoms with Crippen molar-refractivity contribution in [2.45, 2.75) is 32.7 Å². The van der Waals surface area contributed by atoms with E-state index in [1.807, 2.05) is 13.8 Å². The van der Waals surface area contributed by atoms with Crippen molar-refractivity contribution in [1.29, 1.82) is 0 Å². The van der Waals surface area contributed by atoms with Crippen molar-refractivity contribution in [3.63, 3.8) is 0 Å². The van der Waals surface area contributed by atoms with E-state index in [2.05, 4.69) is 5.32 Å². The summed E-state index contributed by atoms with van der Waals surface area (Å²) in [5.41, 5.74) is 6.20. The van der Waals surface area contributed by atoms with Gasteiger partial charge in [0.05, 0.1) is 12.6 Å². The second kappa shape index (κ2) is 8.89. The number of benzene rings is 1. The molecule has 2 atom stereocenters. The van der Waals surface area contributed by atoms with E-state index in [9.17, 15) is 18.8 Å². The van der Waals surface area contributed by atoms with Crippen LogP contribution in [0.5, 0.6) is 0 Å². The predicted molar refractivity (Wildman–Crippen MR) is 95.9 cm³/mol. The predicted octanol–water partition coefficient (Wildman–Crippen LogP) is 1.35. The van der Waals surface area contributed by atoms with Crippen LogP contribution in [-0.2, 0) is 9.59 Å². The molecule has 1 fully saturated rings. The van der Waals surface area contributed by atoms with Gasteiger partial charge in [0.1, 0.15) is 5.82 Å². The number of hydrogen-bond acceptors (Lipinski definition) is 4. The minimum absolute atomic E-state index is 0.0159. The topological polar surface area (TPSA) is 92.5 Å².